The van der Waals surface area contributed by atoms with Gasteiger partial charge < -0.3 is 33.7 Å². The van der Waals surface area contributed by atoms with Gasteiger partial charge in [-0.3, -0.25) is 4.90 Å². The van der Waals surface area contributed by atoms with Crippen LogP contribution in [0.2, 0.25) is 0 Å². The number of nitrogens with one attached hydrogen (secondary N) is 2. The normalized spacial score (nSPS) is 15.3. The predicted octanol–water partition coefficient (Wildman–Crippen LogP) is 8.11. The molecule has 1 fully saturated rings. The van der Waals surface area contributed by atoms with Crippen LogP contribution in [-0.4, -0.2) is 95.2 Å². The van der Waals surface area contributed by atoms with Crippen molar-refractivity contribution in [2.75, 3.05) is 58.7 Å². The highest BCUT2D eigenvalue weighted by Crippen LogP contribution is 2.45. The third kappa shape index (κ3) is 9.21. The lowest BCUT2D eigenvalue weighted by atomic mass is 9.98. The molecule has 1 aliphatic heterocycles. The second-order valence-corrected chi connectivity index (χ2v) is 14.7. The first-order valence-electron chi connectivity index (χ1n) is 17.3. The average molecular weight is 706 g/mol. The Bertz CT molecular complexity index is 1680. The van der Waals surface area contributed by atoms with Crippen molar-refractivity contribution in [2.45, 2.75) is 65.0 Å². The van der Waals surface area contributed by atoms with Gasteiger partial charge in [-0.2, -0.15) is 11.8 Å². The van der Waals surface area contributed by atoms with Gasteiger partial charge in [-0.15, -0.1) is 0 Å². The van der Waals surface area contributed by atoms with Crippen LogP contribution in [0, 0.1) is 0 Å². The van der Waals surface area contributed by atoms with Gasteiger partial charge in [0.1, 0.15) is 30.5 Å². The summed E-state index contributed by atoms with van der Waals surface area (Å²) in [7, 11) is 3.29. The number of carbonyl (C=O) groups excluding carboxylic acids is 1. The van der Waals surface area contributed by atoms with E-state index in [-0.39, 0.29) is 12.1 Å². The molecule has 2 atom stereocenters. The maximum absolute atomic E-state index is 13.0. The summed E-state index contributed by atoms with van der Waals surface area (Å²) in [6, 6.07) is 12.2. The largest absolute Gasteiger partial charge is 0.487 e. The van der Waals surface area contributed by atoms with Crippen molar-refractivity contribution >= 4 is 17.9 Å². The van der Waals surface area contributed by atoms with Gasteiger partial charge in [0.15, 0.2) is 11.5 Å². The van der Waals surface area contributed by atoms with Crippen LogP contribution < -0.4 is 9.47 Å². The number of thioether (sulfide) groups is 1. The first-order chi connectivity index (χ1) is 24.1. The molecule has 5 rings (SSSR count). The first kappa shape index (κ1) is 37.3. The summed E-state index contributed by atoms with van der Waals surface area (Å²) in [4.78, 5) is 31.2. The molecule has 12 heteroatoms. The quantitative estimate of drug-likeness (QED) is 0.111. The predicted molar refractivity (Wildman–Crippen MR) is 198 cm³/mol. The van der Waals surface area contributed by atoms with Gasteiger partial charge in [0.25, 0.3) is 0 Å². The summed E-state index contributed by atoms with van der Waals surface area (Å²) in [5.41, 5.74) is 4.85. The van der Waals surface area contributed by atoms with E-state index < -0.39 is 5.60 Å². The Hall–Kier alpha value is -4.00. The number of amides is 1. The van der Waals surface area contributed by atoms with Gasteiger partial charge in [-0.25, -0.2) is 14.8 Å². The van der Waals surface area contributed by atoms with Crippen LogP contribution in [0.3, 0.4) is 0 Å². The van der Waals surface area contributed by atoms with Gasteiger partial charge in [-0.05, 0) is 62.6 Å². The zero-order chi connectivity index (χ0) is 35.7. The van der Waals surface area contributed by atoms with Crippen LogP contribution in [0.15, 0.2) is 48.8 Å². The third-order valence-electron chi connectivity index (χ3n) is 8.40. The van der Waals surface area contributed by atoms with E-state index in [1.807, 2.05) is 50.9 Å². The van der Waals surface area contributed by atoms with E-state index in [9.17, 15) is 4.79 Å². The summed E-state index contributed by atoms with van der Waals surface area (Å²) >= 11 is 1.92. The lowest BCUT2D eigenvalue weighted by Gasteiger charge is -2.27. The van der Waals surface area contributed by atoms with Crippen molar-refractivity contribution in [3.05, 3.63) is 60.4 Å². The Balaban J connectivity index is 1.48. The van der Waals surface area contributed by atoms with Crippen LogP contribution in [0.5, 0.6) is 11.5 Å². The standard InChI is InChI=1S/C38H51N5O6S/c1-8-50-24-25(2)35-39-22-30(41-35)27-13-11-26(12-14-27)28-15-16-29(34(48-21-19-46-7)33(28)47-20-18-45-6)31-23-40-36(42-31)32-10-9-17-43(32)37(44)49-38(3,4)5/h11-16,22-23,25,32H,8-10,17-21,24H2,1-7H3,(H,39,41)(H,40,42)/t25-,32-/m0/s1. The number of nitrogens with zero attached hydrogens (tertiary/aromatic N) is 3. The molecule has 0 bridgehead atoms. The van der Waals surface area contributed by atoms with Gasteiger partial charge in [0.2, 0.25) is 0 Å². The van der Waals surface area contributed by atoms with Crippen molar-refractivity contribution < 1.29 is 28.5 Å². The van der Waals surface area contributed by atoms with Gasteiger partial charge in [0.05, 0.1) is 43.0 Å². The van der Waals surface area contributed by atoms with Crippen molar-refractivity contribution in [2.24, 2.45) is 0 Å². The maximum atomic E-state index is 13.0. The average Bonchev–Trinajstić information content (AvgIpc) is 3.89. The molecule has 0 unspecified atom stereocenters. The van der Waals surface area contributed by atoms with E-state index in [0.29, 0.717) is 56.2 Å². The molecule has 270 valence electrons. The van der Waals surface area contributed by atoms with E-state index >= 15 is 0 Å². The van der Waals surface area contributed by atoms with Crippen molar-refractivity contribution in [1.82, 2.24) is 24.8 Å². The highest BCUT2D eigenvalue weighted by atomic mass is 32.2. The summed E-state index contributed by atoms with van der Waals surface area (Å²) in [6.07, 6.45) is 5.02. The number of aromatic nitrogens is 4. The number of benzene rings is 2. The van der Waals surface area contributed by atoms with E-state index in [1.165, 1.54) is 0 Å². The van der Waals surface area contributed by atoms with Crippen LogP contribution >= 0.6 is 11.8 Å². The van der Waals surface area contributed by atoms with Crippen molar-refractivity contribution in [3.63, 3.8) is 0 Å². The number of likely N-dealkylation sites (tertiary alicyclic amines) is 1. The molecule has 2 aromatic carbocycles. The van der Waals surface area contributed by atoms with E-state index in [1.54, 1.807) is 25.3 Å². The molecule has 0 spiro atoms. The monoisotopic (exact) mass is 705 g/mol. The number of imidazole rings is 2. The number of carbonyl (C=O) groups is 1. The molecule has 1 saturated heterocycles. The molecule has 3 heterocycles. The third-order valence-corrected chi connectivity index (χ3v) is 9.55. The Kier molecular flexibility index (Phi) is 12.9. The zero-order valence-corrected chi connectivity index (χ0v) is 31.2. The fourth-order valence-corrected chi connectivity index (χ4v) is 6.66. The van der Waals surface area contributed by atoms with E-state index in [2.05, 4.69) is 53.1 Å². The first-order valence-corrected chi connectivity index (χ1v) is 18.5. The van der Waals surface area contributed by atoms with Crippen LogP contribution in [0.25, 0.3) is 33.6 Å². The lowest BCUT2D eigenvalue weighted by molar-refractivity contribution is 0.0218. The van der Waals surface area contributed by atoms with Gasteiger partial charge in [0, 0.05) is 43.6 Å². The minimum atomic E-state index is -0.581. The smallest absolute Gasteiger partial charge is 0.410 e. The Morgan fingerprint density at radius 1 is 0.900 bits per heavy atom. The molecule has 2 aromatic heterocycles. The van der Waals surface area contributed by atoms with E-state index in [0.717, 1.165) is 63.8 Å². The maximum Gasteiger partial charge on any atom is 0.410 e. The molecule has 0 aliphatic carbocycles. The topological polar surface area (TPSA) is 124 Å². The second kappa shape index (κ2) is 17.3. The van der Waals surface area contributed by atoms with Crippen molar-refractivity contribution in [3.8, 4) is 45.1 Å². The minimum absolute atomic E-state index is 0.212. The molecule has 50 heavy (non-hydrogen) atoms. The molecular weight excluding hydrogens is 655 g/mol. The van der Waals surface area contributed by atoms with Crippen molar-refractivity contribution in [1.29, 1.82) is 0 Å². The fraction of sp³-hybridized carbons (Fsp3) is 0.500. The second-order valence-electron chi connectivity index (χ2n) is 13.3. The summed E-state index contributed by atoms with van der Waals surface area (Å²) in [6.45, 7) is 12.1. The number of hydrogen-bond acceptors (Lipinski definition) is 9. The number of aromatic amines is 2. The molecule has 1 amide bonds. The highest BCUT2D eigenvalue weighted by Gasteiger charge is 2.35. The lowest BCUT2D eigenvalue weighted by Crippen LogP contribution is -2.36. The number of rotatable bonds is 16. The SMILES string of the molecule is CCSC[C@H](C)c1ncc(-c2ccc(-c3ccc(-c4cnc([C@@H]5CCCN5C(=O)OC(C)(C)C)[nH]4)c(OCCOC)c3OCCOC)cc2)[nH]1. The summed E-state index contributed by atoms with van der Waals surface area (Å²) in [5.74, 6) is 5.35. The Morgan fingerprint density at radius 2 is 1.54 bits per heavy atom. The summed E-state index contributed by atoms with van der Waals surface area (Å²) < 4.78 is 29.2. The molecule has 0 saturated carbocycles. The highest BCUT2D eigenvalue weighted by molar-refractivity contribution is 7.99. The van der Waals surface area contributed by atoms with Crippen LogP contribution in [-0.2, 0) is 14.2 Å². The number of H-pyrrole nitrogens is 2. The van der Waals surface area contributed by atoms with Crippen LogP contribution in [0.1, 0.15) is 71.1 Å². The number of ether oxygens (including phenoxy) is 5. The molecule has 4 aromatic rings. The fourth-order valence-electron chi connectivity index (χ4n) is 5.91. The van der Waals surface area contributed by atoms with Gasteiger partial charge >= 0.3 is 6.09 Å². The molecule has 2 N–H and O–H groups in total. The summed E-state index contributed by atoms with van der Waals surface area (Å²) in [5, 5.41) is 0. The number of hydrogen-bond donors (Lipinski definition) is 2. The Morgan fingerprint density at radius 3 is 2.20 bits per heavy atom. The van der Waals surface area contributed by atoms with E-state index in [4.69, 9.17) is 28.7 Å². The van der Waals surface area contributed by atoms with Gasteiger partial charge in [-0.1, -0.05) is 38.1 Å². The zero-order valence-electron chi connectivity index (χ0n) is 30.3. The molecule has 0 radical (unpaired) electrons. The molecular formula is C38H51N5O6S. The van der Waals surface area contributed by atoms with Crippen LogP contribution in [0.4, 0.5) is 4.79 Å². The molecule has 11 nitrogen and oxygen atoms in total. The Labute approximate surface area is 299 Å². The minimum Gasteiger partial charge on any atom is -0.487 e. The molecule has 1 aliphatic rings. The number of methoxy groups -OCH3 is 2.